The number of benzene rings is 1. The van der Waals surface area contributed by atoms with E-state index in [4.69, 9.17) is 20.9 Å². The normalized spacial score (nSPS) is 23.9. The number of rotatable bonds is 10. The summed E-state index contributed by atoms with van der Waals surface area (Å²) in [5.41, 5.74) is 13.4. The van der Waals surface area contributed by atoms with Crippen LogP contribution in [0.1, 0.15) is 18.9 Å². The molecule has 0 unspecified atom stereocenters. The Labute approximate surface area is 197 Å². The minimum Gasteiger partial charge on any atom is -0.464 e. The van der Waals surface area contributed by atoms with Gasteiger partial charge in [-0.1, -0.05) is 18.2 Å². The van der Waals surface area contributed by atoms with Crippen LogP contribution in [0.5, 0.6) is 0 Å². The first-order valence-corrected chi connectivity index (χ1v) is 10.9. The first-order valence-electron chi connectivity index (χ1n) is 10.9. The summed E-state index contributed by atoms with van der Waals surface area (Å²) in [5, 5.41) is 21.6. The highest BCUT2D eigenvalue weighted by Gasteiger charge is 2.47. The molecule has 34 heavy (non-hydrogen) atoms. The van der Waals surface area contributed by atoms with Crippen molar-refractivity contribution in [1.82, 2.24) is 4.98 Å². The number of aliphatic hydroxyl groups is 2. The number of aromatic amines is 1. The van der Waals surface area contributed by atoms with Gasteiger partial charge in [-0.15, -0.1) is 0 Å². The van der Waals surface area contributed by atoms with E-state index in [1.165, 1.54) is 22.9 Å². The standard InChI is InChI=1S/C24H30N4O6/c1-14(22(26)31)6-5-10-28(2)23-21(30)20(29)19(34-23)9-11-33-24(32)17(25)12-15-13-27-18-8-4-3-7-16(15)18/h3-8,10,13,17,19-21,23,27,29-30H,2,9,11-12,25H2,1H3,(H-,26,31)/p+1/b10-5-,14-6+/t17-,19+,20+,21+,23+/m0/s1. The van der Waals surface area contributed by atoms with Crippen LogP contribution in [-0.4, -0.2) is 75.6 Å². The number of para-hydroxylation sites is 1. The third-order valence-electron chi connectivity index (χ3n) is 5.74. The van der Waals surface area contributed by atoms with Crippen LogP contribution in [0.2, 0.25) is 0 Å². The molecule has 0 saturated carbocycles. The fourth-order valence-electron chi connectivity index (χ4n) is 3.71. The molecule has 3 rings (SSSR count). The summed E-state index contributed by atoms with van der Waals surface area (Å²) in [7, 11) is 0. The monoisotopic (exact) mass is 471 g/mol. The number of primary amides is 1. The molecule has 2 heterocycles. The van der Waals surface area contributed by atoms with E-state index < -0.39 is 42.5 Å². The Morgan fingerprint density at radius 2 is 2.06 bits per heavy atom. The molecule has 0 bridgehead atoms. The van der Waals surface area contributed by atoms with Crippen molar-refractivity contribution in [1.29, 1.82) is 0 Å². The van der Waals surface area contributed by atoms with Crippen LogP contribution in [0.15, 0.2) is 54.4 Å². The van der Waals surface area contributed by atoms with Crippen molar-refractivity contribution in [3.05, 3.63) is 60.0 Å². The van der Waals surface area contributed by atoms with Gasteiger partial charge in [0.15, 0.2) is 12.3 Å². The Morgan fingerprint density at radius 1 is 1.32 bits per heavy atom. The average Bonchev–Trinajstić information content (AvgIpc) is 3.34. The van der Waals surface area contributed by atoms with E-state index in [1.54, 1.807) is 6.92 Å². The smallest absolute Gasteiger partial charge is 0.323 e. The molecule has 10 nitrogen and oxygen atoms in total. The molecule has 1 saturated heterocycles. The molecule has 0 spiro atoms. The minimum absolute atomic E-state index is 0.0326. The Balaban J connectivity index is 1.48. The number of esters is 1. The number of hydrogen-bond donors (Lipinski definition) is 5. The summed E-state index contributed by atoms with van der Waals surface area (Å²) in [6.45, 7) is 5.30. The van der Waals surface area contributed by atoms with Crippen molar-refractivity contribution in [3.63, 3.8) is 0 Å². The molecule has 2 aromatic rings. The van der Waals surface area contributed by atoms with E-state index in [9.17, 15) is 19.8 Å². The first kappa shape index (κ1) is 25.3. The van der Waals surface area contributed by atoms with Gasteiger partial charge in [0, 0.05) is 41.6 Å². The van der Waals surface area contributed by atoms with Crippen molar-refractivity contribution in [2.75, 3.05) is 6.61 Å². The molecule has 1 aromatic heterocycles. The van der Waals surface area contributed by atoms with Crippen LogP contribution < -0.4 is 11.5 Å². The number of hydrogen-bond acceptors (Lipinski definition) is 7. The van der Waals surface area contributed by atoms with Crippen LogP contribution in [0.25, 0.3) is 10.9 Å². The van der Waals surface area contributed by atoms with Gasteiger partial charge in [-0.2, -0.15) is 4.58 Å². The molecular formula is C24H31N4O6+. The predicted molar refractivity (Wildman–Crippen MR) is 126 cm³/mol. The maximum Gasteiger partial charge on any atom is 0.323 e. The van der Waals surface area contributed by atoms with Crippen LogP contribution in [-0.2, 0) is 25.5 Å². The van der Waals surface area contributed by atoms with E-state index in [2.05, 4.69) is 11.7 Å². The summed E-state index contributed by atoms with van der Waals surface area (Å²) in [6, 6.07) is 6.89. The molecule has 0 aliphatic carbocycles. The van der Waals surface area contributed by atoms with Gasteiger partial charge >= 0.3 is 5.97 Å². The number of carbonyl (C=O) groups excluding carboxylic acids is 2. The highest BCUT2D eigenvalue weighted by atomic mass is 16.6. The zero-order valence-electron chi connectivity index (χ0n) is 19.0. The number of nitrogens with two attached hydrogens (primary N) is 2. The van der Waals surface area contributed by atoms with Gasteiger partial charge < -0.3 is 36.1 Å². The lowest BCUT2D eigenvalue weighted by molar-refractivity contribution is -0.555. The van der Waals surface area contributed by atoms with Gasteiger partial charge in [-0.05, 0) is 24.6 Å². The summed E-state index contributed by atoms with van der Waals surface area (Å²) >= 11 is 0. The summed E-state index contributed by atoms with van der Waals surface area (Å²) < 4.78 is 12.3. The quantitative estimate of drug-likeness (QED) is 0.108. The van der Waals surface area contributed by atoms with Crippen molar-refractivity contribution >= 4 is 29.5 Å². The molecule has 1 amide bonds. The number of allylic oxidation sites excluding steroid dienone is 2. The molecule has 1 aliphatic heterocycles. The van der Waals surface area contributed by atoms with Crippen LogP contribution in [0, 0.1) is 0 Å². The summed E-state index contributed by atoms with van der Waals surface area (Å²) in [6.07, 6.45) is 2.71. The maximum atomic E-state index is 12.3. The Morgan fingerprint density at radius 3 is 2.79 bits per heavy atom. The van der Waals surface area contributed by atoms with Crippen LogP contribution >= 0.6 is 0 Å². The molecule has 1 fully saturated rings. The van der Waals surface area contributed by atoms with Gasteiger partial charge in [0.1, 0.15) is 18.9 Å². The summed E-state index contributed by atoms with van der Waals surface area (Å²) in [4.78, 5) is 26.5. The average molecular weight is 472 g/mol. The van der Waals surface area contributed by atoms with Crippen molar-refractivity contribution in [2.45, 2.75) is 50.3 Å². The lowest BCUT2D eigenvalue weighted by atomic mass is 10.1. The largest absolute Gasteiger partial charge is 0.464 e. The molecule has 1 aliphatic rings. The van der Waals surface area contributed by atoms with Crippen LogP contribution in [0.3, 0.4) is 0 Å². The van der Waals surface area contributed by atoms with Gasteiger partial charge in [-0.25, -0.2) is 0 Å². The second kappa shape index (κ2) is 11.2. The molecule has 0 radical (unpaired) electrons. The number of carbonyl (C=O) groups is 2. The zero-order valence-corrected chi connectivity index (χ0v) is 19.0. The molecule has 5 atom stereocenters. The molecule has 7 N–H and O–H groups in total. The highest BCUT2D eigenvalue weighted by molar-refractivity contribution is 5.91. The number of H-pyrrole nitrogens is 1. The molecule has 10 heteroatoms. The van der Waals surface area contributed by atoms with Gasteiger partial charge in [-0.3, -0.25) is 9.59 Å². The van der Waals surface area contributed by atoms with Gasteiger partial charge in [0.05, 0.1) is 12.7 Å². The molecule has 182 valence electrons. The van der Waals surface area contributed by atoms with E-state index in [-0.39, 0.29) is 13.0 Å². The summed E-state index contributed by atoms with van der Waals surface area (Å²) in [5.74, 6) is -1.11. The van der Waals surface area contributed by atoms with E-state index in [1.807, 2.05) is 30.5 Å². The third-order valence-corrected chi connectivity index (χ3v) is 5.74. The van der Waals surface area contributed by atoms with E-state index in [0.29, 0.717) is 12.0 Å². The van der Waals surface area contributed by atoms with Gasteiger partial charge in [0.2, 0.25) is 5.91 Å². The molecular weight excluding hydrogens is 440 g/mol. The van der Waals surface area contributed by atoms with Crippen molar-refractivity contribution < 1.29 is 33.9 Å². The fourth-order valence-corrected chi connectivity index (χ4v) is 3.71. The lowest BCUT2D eigenvalue weighted by Gasteiger charge is -2.15. The van der Waals surface area contributed by atoms with Gasteiger partial charge in [0.25, 0.3) is 6.23 Å². The number of amides is 1. The first-order chi connectivity index (χ1) is 16.2. The number of nitrogens with one attached hydrogen (secondary N) is 1. The number of nitrogens with zero attached hydrogens (tertiary/aromatic N) is 1. The minimum atomic E-state index is -1.23. The maximum absolute atomic E-state index is 12.3. The van der Waals surface area contributed by atoms with Crippen LogP contribution in [0.4, 0.5) is 0 Å². The third kappa shape index (κ3) is 5.97. The second-order valence-corrected chi connectivity index (χ2v) is 8.24. The zero-order chi connectivity index (χ0) is 24.8. The van der Waals surface area contributed by atoms with E-state index >= 15 is 0 Å². The van der Waals surface area contributed by atoms with E-state index in [0.717, 1.165) is 16.5 Å². The number of ether oxygens (including phenoxy) is 2. The fraction of sp³-hybridized carbons (Fsp3) is 0.375. The SMILES string of the molecule is C=[N+](/C=C\C=C(/C)C(N)=O)[C@@H]1O[C@H](CCOC(=O)[C@@H](N)Cc2c[nH]c3ccccc23)[C@@H](O)[C@H]1O. The number of aliphatic hydroxyl groups excluding tert-OH is 2. The Kier molecular flexibility index (Phi) is 8.35. The molecule has 1 aromatic carbocycles. The van der Waals surface area contributed by atoms with Crippen molar-refractivity contribution in [2.24, 2.45) is 11.5 Å². The lowest BCUT2D eigenvalue weighted by Crippen LogP contribution is -2.37. The number of aromatic nitrogens is 1. The predicted octanol–water partition coefficient (Wildman–Crippen LogP) is 0.0761. The Bertz CT molecular complexity index is 1110. The highest BCUT2D eigenvalue weighted by Crippen LogP contribution is 2.24. The number of fused-ring (bicyclic) bond motifs is 1. The Hall–Kier alpha value is -3.31. The van der Waals surface area contributed by atoms with Crippen molar-refractivity contribution in [3.8, 4) is 0 Å². The topological polar surface area (TPSA) is 164 Å². The second-order valence-electron chi connectivity index (χ2n) is 8.24.